The number of carboxylic acids is 1. The van der Waals surface area contributed by atoms with Crippen molar-refractivity contribution in [2.75, 3.05) is 11.5 Å². The van der Waals surface area contributed by atoms with Gasteiger partial charge in [0.1, 0.15) is 28.3 Å². The summed E-state index contributed by atoms with van der Waals surface area (Å²) in [7, 11) is 0. The van der Waals surface area contributed by atoms with Gasteiger partial charge in [-0.25, -0.2) is 9.59 Å². The summed E-state index contributed by atoms with van der Waals surface area (Å²) in [5.41, 5.74) is 9.95. The van der Waals surface area contributed by atoms with E-state index >= 15 is 0 Å². The van der Waals surface area contributed by atoms with Crippen LogP contribution in [-0.2, 0) is 9.59 Å². The van der Waals surface area contributed by atoms with Crippen molar-refractivity contribution in [1.82, 2.24) is 25.7 Å². The fraction of sp³-hybridized carbons (Fsp3) is 0.316. The van der Waals surface area contributed by atoms with Gasteiger partial charge in [0.15, 0.2) is 4.34 Å². The fourth-order valence-corrected chi connectivity index (χ4v) is 6.75. The number of carbonyl (C=O) groups is 3. The third-order valence-corrected chi connectivity index (χ3v) is 8.36. The average molecular weight is 519 g/mol. The van der Waals surface area contributed by atoms with E-state index in [2.05, 4.69) is 30.9 Å². The van der Waals surface area contributed by atoms with Gasteiger partial charge in [0, 0.05) is 16.4 Å². The van der Waals surface area contributed by atoms with Gasteiger partial charge in [0.2, 0.25) is 0 Å². The first kappa shape index (κ1) is 23.9. The Hall–Kier alpha value is -3.26. The molecule has 0 aliphatic carbocycles. The van der Waals surface area contributed by atoms with Crippen LogP contribution >= 0.6 is 34.9 Å². The molecule has 3 heterocycles. The van der Waals surface area contributed by atoms with Gasteiger partial charge >= 0.3 is 12.0 Å². The SMILES string of the molecule is Cc1nnc(SCC2=C(C(=O)O)N3C(=O)C(NC(=O)NC(N=[N+]=[N-])c4ccccc4)[C@H]3SC2)s1. The van der Waals surface area contributed by atoms with Gasteiger partial charge in [-0.2, -0.15) is 0 Å². The smallest absolute Gasteiger partial charge is 0.352 e. The molecule has 2 aromatic rings. The largest absolute Gasteiger partial charge is 0.477 e. The third-order valence-electron chi connectivity index (χ3n) is 4.96. The van der Waals surface area contributed by atoms with Crippen LogP contribution in [0.2, 0.25) is 0 Å². The van der Waals surface area contributed by atoms with Crippen molar-refractivity contribution < 1.29 is 19.5 Å². The number of thioether (sulfide) groups is 2. The van der Waals surface area contributed by atoms with Crippen LogP contribution in [0.5, 0.6) is 0 Å². The van der Waals surface area contributed by atoms with Crippen LogP contribution < -0.4 is 10.6 Å². The predicted molar refractivity (Wildman–Crippen MR) is 127 cm³/mol. The Kier molecular flexibility index (Phi) is 7.26. The Labute approximate surface area is 205 Å². The molecule has 3 atom stereocenters. The molecule has 0 radical (unpaired) electrons. The van der Waals surface area contributed by atoms with Crippen molar-refractivity contribution in [3.05, 3.63) is 62.6 Å². The molecule has 176 valence electrons. The Morgan fingerprint density at radius 1 is 1.38 bits per heavy atom. The van der Waals surface area contributed by atoms with Crippen molar-refractivity contribution in [2.45, 2.75) is 28.8 Å². The molecule has 0 saturated carbocycles. The van der Waals surface area contributed by atoms with Crippen LogP contribution in [0.4, 0.5) is 4.79 Å². The zero-order chi connectivity index (χ0) is 24.2. The minimum Gasteiger partial charge on any atom is -0.477 e. The zero-order valence-electron chi connectivity index (χ0n) is 17.6. The third kappa shape index (κ3) is 4.97. The molecule has 0 bridgehead atoms. The number of β-lactam (4-membered cyclic amide) rings is 1. The first-order valence-electron chi connectivity index (χ1n) is 9.88. The summed E-state index contributed by atoms with van der Waals surface area (Å²) in [6.07, 6.45) is -0.960. The maximum absolute atomic E-state index is 12.8. The second kappa shape index (κ2) is 10.3. The standard InChI is InChI=1S/C19H18N8O4S3/c1-9-23-25-19(34-9)33-8-11-7-32-16-12(15(28)27(16)13(11)17(29)30)21-18(31)22-14(24-26-20)10-5-3-2-4-6-10/h2-6,12,14,16H,7-8H2,1H3,(H,29,30)(H2,21,22,31)/t12?,14?,16-/m1/s1. The van der Waals surface area contributed by atoms with E-state index in [9.17, 15) is 19.5 Å². The predicted octanol–water partition coefficient (Wildman–Crippen LogP) is 2.87. The van der Waals surface area contributed by atoms with Gasteiger partial charge in [-0.3, -0.25) is 9.69 Å². The number of aryl methyl sites for hydroxylation is 1. The molecule has 3 N–H and O–H groups in total. The highest BCUT2D eigenvalue weighted by Crippen LogP contribution is 2.41. The van der Waals surface area contributed by atoms with Crippen molar-refractivity contribution in [3.8, 4) is 0 Å². The molecule has 0 spiro atoms. The summed E-state index contributed by atoms with van der Waals surface area (Å²) >= 11 is 4.16. The number of hydrogen-bond donors (Lipinski definition) is 3. The maximum Gasteiger partial charge on any atom is 0.352 e. The summed E-state index contributed by atoms with van der Waals surface area (Å²) in [5.74, 6) is -0.952. The number of carbonyl (C=O) groups excluding carboxylic acids is 2. The minimum absolute atomic E-state index is 0.0582. The molecule has 1 fully saturated rings. The quantitative estimate of drug-likeness (QED) is 0.157. The second-order valence-corrected chi connectivity index (χ2v) is 10.7. The Morgan fingerprint density at radius 2 is 2.15 bits per heavy atom. The maximum atomic E-state index is 12.8. The summed E-state index contributed by atoms with van der Waals surface area (Å²) in [6, 6.07) is 7.05. The first-order valence-corrected chi connectivity index (χ1v) is 12.7. The molecule has 34 heavy (non-hydrogen) atoms. The highest BCUT2D eigenvalue weighted by Gasteiger charge is 2.54. The number of benzene rings is 1. The van der Waals surface area contributed by atoms with Gasteiger partial charge < -0.3 is 15.7 Å². The van der Waals surface area contributed by atoms with Crippen LogP contribution in [0.3, 0.4) is 0 Å². The summed E-state index contributed by atoms with van der Waals surface area (Å²) in [5, 5.41) is 26.7. The number of rotatable bonds is 8. The number of amides is 3. The summed E-state index contributed by atoms with van der Waals surface area (Å²) in [4.78, 5) is 41.3. The molecule has 12 nitrogen and oxygen atoms in total. The minimum atomic E-state index is -1.20. The lowest BCUT2D eigenvalue weighted by atomic mass is 10.0. The summed E-state index contributed by atoms with van der Waals surface area (Å²) in [6.45, 7) is 1.83. The number of azide groups is 1. The lowest BCUT2D eigenvalue weighted by Crippen LogP contribution is -2.71. The van der Waals surface area contributed by atoms with Crippen LogP contribution in [0.1, 0.15) is 16.7 Å². The number of aromatic nitrogens is 2. The first-order chi connectivity index (χ1) is 16.4. The molecule has 15 heteroatoms. The zero-order valence-corrected chi connectivity index (χ0v) is 20.1. The Balaban J connectivity index is 1.43. The number of fused-ring (bicyclic) bond motifs is 1. The van der Waals surface area contributed by atoms with Crippen LogP contribution in [0.15, 0.2) is 51.1 Å². The van der Waals surface area contributed by atoms with Gasteiger partial charge in [0.25, 0.3) is 5.91 Å². The van der Waals surface area contributed by atoms with E-state index in [0.717, 1.165) is 9.35 Å². The second-order valence-electron chi connectivity index (χ2n) is 7.16. The van der Waals surface area contributed by atoms with E-state index in [4.69, 9.17) is 5.53 Å². The van der Waals surface area contributed by atoms with Gasteiger partial charge in [-0.05, 0) is 23.6 Å². The average Bonchev–Trinajstić information content (AvgIpc) is 3.25. The molecule has 2 unspecified atom stereocenters. The van der Waals surface area contributed by atoms with Crippen LogP contribution in [0, 0.1) is 6.92 Å². The molecule has 2 aliphatic heterocycles. The highest BCUT2D eigenvalue weighted by molar-refractivity contribution is 8.01. The van der Waals surface area contributed by atoms with E-state index in [1.165, 1.54) is 39.8 Å². The van der Waals surface area contributed by atoms with E-state index < -0.39 is 35.5 Å². The number of hydrogen-bond acceptors (Lipinski definition) is 9. The number of nitrogens with zero attached hydrogens (tertiary/aromatic N) is 6. The number of nitrogens with one attached hydrogen (secondary N) is 2. The molecule has 1 saturated heterocycles. The molecule has 1 aromatic carbocycles. The lowest BCUT2D eigenvalue weighted by Gasteiger charge is -2.49. The van der Waals surface area contributed by atoms with Crippen molar-refractivity contribution in [3.63, 3.8) is 0 Å². The number of aliphatic carboxylic acids is 1. The highest BCUT2D eigenvalue weighted by atomic mass is 32.2. The van der Waals surface area contributed by atoms with Gasteiger partial charge in [-0.15, -0.1) is 22.0 Å². The van der Waals surface area contributed by atoms with Gasteiger partial charge in [0.05, 0.1) is 0 Å². The van der Waals surface area contributed by atoms with E-state index in [1.54, 1.807) is 30.3 Å². The normalized spacial score (nSPS) is 20.0. The molecular weight excluding hydrogens is 500 g/mol. The lowest BCUT2D eigenvalue weighted by molar-refractivity contribution is -0.148. The molecule has 3 amide bonds. The van der Waals surface area contributed by atoms with E-state index in [1.807, 2.05) is 6.92 Å². The molecule has 2 aliphatic rings. The summed E-state index contributed by atoms with van der Waals surface area (Å²) < 4.78 is 0.723. The topological polar surface area (TPSA) is 173 Å². The van der Waals surface area contributed by atoms with E-state index in [0.29, 0.717) is 22.6 Å². The number of carboxylic acid groups (broad SMARTS) is 1. The Bertz CT molecular complexity index is 1200. The van der Waals surface area contributed by atoms with Crippen molar-refractivity contribution in [1.29, 1.82) is 0 Å². The van der Waals surface area contributed by atoms with Gasteiger partial charge in [-0.1, -0.05) is 58.5 Å². The number of urea groups is 1. The fourth-order valence-electron chi connectivity index (χ4n) is 3.45. The molecular formula is C19H18N8O4S3. The van der Waals surface area contributed by atoms with Crippen LogP contribution in [-0.4, -0.2) is 61.0 Å². The van der Waals surface area contributed by atoms with Crippen LogP contribution in [0.25, 0.3) is 10.4 Å². The Morgan fingerprint density at radius 3 is 2.79 bits per heavy atom. The monoisotopic (exact) mass is 518 g/mol. The molecule has 4 rings (SSSR count). The van der Waals surface area contributed by atoms with Crippen molar-refractivity contribution >= 4 is 52.8 Å². The van der Waals surface area contributed by atoms with Crippen molar-refractivity contribution in [2.24, 2.45) is 5.11 Å². The molecule has 1 aromatic heterocycles. The van der Waals surface area contributed by atoms with E-state index in [-0.39, 0.29) is 5.70 Å².